The number of benzene rings is 13. The van der Waals surface area contributed by atoms with E-state index in [2.05, 4.69) is 303 Å². The highest BCUT2D eigenvalue weighted by Crippen LogP contribution is 2.48. The van der Waals surface area contributed by atoms with Crippen molar-refractivity contribution in [3.8, 4) is 44.5 Å². The van der Waals surface area contributed by atoms with E-state index in [1.54, 1.807) is 0 Å². The molecule has 13 aromatic carbocycles. The lowest BCUT2D eigenvalue weighted by molar-refractivity contribution is 0.664. The lowest BCUT2D eigenvalue weighted by Gasteiger charge is -2.30. The molecular formula is C76H52N2O2. The molecule has 15 rings (SSSR count). The van der Waals surface area contributed by atoms with Crippen molar-refractivity contribution in [2.24, 2.45) is 0 Å². The van der Waals surface area contributed by atoms with E-state index in [1.807, 2.05) is 0 Å². The van der Waals surface area contributed by atoms with Crippen molar-refractivity contribution < 1.29 is 8.83 Å². The van der Waals surface area contributed by atoms with E-state index >= 15 is 0 Å². The van der Waals surface area contributed by atoms with E-state index in [0.717, 1.165) is 122 Å². The molecule has 0 N–H and O–H groups in total. The Balaban J connectivity index is 0.826. The zero-order valence-electron chi connectivity index (χ0n) is 44.3. The molecule has 0 aliphatic heterocycles. The second kappa shape index (κ2) is 19.2. The van der Waals surface area contributed by atoms with Gasteiger partial charge in [-0.15, -0.1) is 0 Å². The van der Waals surface area contributed by atoms with E-state index in [0.29, 0.717) is 0 Å². The number of nitrogens with zero attached hydrogens (tertiary/aromatic N) is 2. The van der Waals surface area contributed by atoms with Gasteiger partial charge in [0.2, 0.25) is 0 Å². The third-order valence-electron chi connectivity index (χ3n) is 16.0. The maximum absolute atomic E-state index is 6.84. The summed E-state index contributed by atoms with van der Waals surface area (Å²) < 4.78 is 13.7. The van der Waals surface area contributed by atoms with Gasteiger partial charge in [0.05, 0.1) is 11.4 Å². The van der Waals surface area contributed by atoms with Crippen LogP contribution in [0.2, 0.25) is 0 Å². The average Bonchev–Trinajstić information content (AvgIpc) is 4.21. The third kappa shape index (κ3) is 8.16. The highest BCUT2D eigenvalue weighted by atomic mass is 16.3. The highest BCUT2D eigenvalue weighted by Gasteiger charge is 2.23. The van der Waals surface area contributed by atoms with Gasteiger partial charge in [0.15, 0.2) is 0 Å². The van der Waals surface area contributed by atoms with Gasteiger partial charge in [0, 0.05) is 55.4 Å². The van der Waals surface area contributed by atoms with Crippen molar-refractivity contribution in [1.82, 2.24) is 0 Å². The highest BCUT2D eigenvalue weighted by molar-refractivity contribution is 6.18. The van der Waals surface area contributed by atoms with E-state index in [9.17, 15) is 0 Å². The molecule has 2 heterocycles. The Kier molecular flexibility index (Phi) is 11.3. The number of para-hydroxylation sites is 2. The van der Waals surface area contributed by atoms with Crippen molar-refractivity contribution in [2.75, 3.05) is 9.80 Å². The van der Waals surface area contributed by atoms with Gasteiger partial charge in [-0.3, -0.25) is 0 Å². The summed E-state index contributed by atoms with van der Waals surface area (Å²) in [4.78, 5) is 4.82. The van der Waals surface area contributed by atoms with Crippen LogP contribution < -0.4 is 9.80 Å². The molecule has 0 aliphatic carbocycles. The van der Waals surface area contributed by atoms with Crippen molar-refractivity contribution in [2.45, 2.75) is 13.8 Å². The molecule has 0 saturated heterocycles. The Labute approximate surface area is 464 Å². The first-order valence-electron chi connectivity index (χ1n) is 27.4. The van der Waals surface area contributed by atoms with E-state index in [-0.39, 0.29) is 0 Å². The van der Waals surface area contributed by atoms with Gasteiger partial charge in [0.1, 0.15) is 22.3 Å². The molecule has 0 amide bonds. The minimum atomic E-state index is 0.829. The monoisotopic (exact) mass is 1020 g/mol. The molecule has 0 atom stereocenters. The summed E-state index contributed by atoms with van der Waals surface area (Å²) in [6.45, 7) is 4.38. The topological polar surface area (TPSA) is 32.8 Å². The predicted molar refractivity (Wildman–Crippen MR) is 337 cm³/mol. The van der Waals surface area contributed by atoms with Crippen LogP contribution in [0.3, 0.4) is 0 Å². The smallest absolute Gasteiger partial charge is 0.136 e. The van der Waals surface area contributed by atoms with Crippen LogP contribution in [0.25, 0.3) is 110 Å². The number of hydrogen-bond acceptors (Lipinski definition) is 4. The van der Waals surface area contributed by atoms with E-state index in [4.69, 9.17) is 8.83 Å². The second-order valence-corrected chi connectivity index (χ2v) is 21.0. The van der Waals surface area contributed by atoms with Crippen LogP contribution in [0.4, 0.5) is 34.1 Å². The number of rotatable bonds is 10. The summed E-state index contributed by atoms with van der Waals surface area (Å²) in [6, 6.07) is 101. The molecule has 15 aromatic rings. The van der Waals surface area contributed by atoms with Crippen LogP contribution in [-0.4, -0.2) is 0 Å². The minimum Gasteiger partial charge on any atom is -0.456 e. The fourth-order valence-electron chi connectivity index (χ4n) is 12.0. The first-order valence-corrected chi connectivity index (χ1v) is 27.4. The van der Waals surface area contributed by atoms with Crippen molar-refractivity contribution in [3.05, 3.63) is 290 Å². The van der Waals surface area contributed by atoms with Gasteiger partial charge in [-0.2, -0.15) is 0 Å². The lowest BCUT2D eigenvalue weighted by Crippen LogP contribution is -2.12. The van der Waals surface area contributed by atoms with E-state index in [1.165, 1.54) is 33.4 Å². The summed E-state index contributed by atoms with van der Waals surface area (Å²) in [5.74, 6) is 0. The Morgan fingerprint density at radius 1 is 0.237 bits per heavy atom. The molecule has 0 aliphatic rings. The molecule has 0 fully saturated rings. The van der Waals surface area contributed by atoms with E-state index < -0.39 is 0 Å². The van der Waals surface area contributed by atoms with Crippen molar-refractivity contribution >= 4 is 99.5 Å². The predicted octanol–water partition coefficient (Wildman–Crippen LogP) is 22.0. The average molecular weight is 1030 g/mol. The second-order valence-electron chi connectivity index (χ2n) is 21.0. The zero-order valence-corrected chi connectivity index (χ0v) is 44.3. The SMILES string of the molecule is Cc1ccccc1N(c1ccc2cc3c(cc2c1)oc1cc2c(cc13)oc1cc3cc(N(c4ccccc4C)c4ccc(-c5ccccc5)cc4-c4ccccc4)ccc3cc12)c1ccc(-c2ccccc2)cc1-c1ccccc1. The molecule has 0 bridgehead atoms. The number of anilines is 6. The van der Waals surface area contributed by atoms with Gasteiger partial charge in [-0.1, -0.05) is 182 Å². The quantitative estimate of drug-likeness (QED) is 0.137. The maximum Gasteiger partial charge on any atom is 0.136 e. The lowest BCUT2D eigenvalue weighted by atomic mass is 9.95. The van der Waals surface area contributed by atoms with Crippen LogP contribution in [-0.2, 0) is 0 Å². The normalized spacial score (nSPS) is 11.6. The molecule has 0 spiro atoms. The molecular weight excluding hydrogens is 973 g/mol. The standard InChI is InChI=1S/C76H52N2O2/c1-49-19-15-17-29-69(49)77(71-37-33-55(51-21-7-3-8-22-51)41-63(71)53-25-11-5-12-26-53)61-35-31-57-43-65-67-47-76-68(48-75(67)79-73(65)45-59(57)39-61)66-44-58-32-36-62(40-60(58)46-74(66)80-76)78(70-30-18-16-20-50(70)2)72-38-34-56(52-23-9-4-10-24-52)42-64(72)54-27-13-6-14-28-54/h3-48H,1-2H3. The first-order chi connectivity index (χ1) is 39.5. The molecule has 0 saturated carbocycles. The Hall–Kier alpha value is -10.4. The summed E-state index contributed by atoms with van der Waals surface area (Å²) in [5.41, 5.74) is 21.6. The van der Waals surface area contributed by atoms with Gasteiger partial charge in [-0.25, -0.2) is 0 Å². The van der Waals surface area contributed by atoms with Gasteiger partial charge < -0.3 is 18.6 Å². The third-order valence-corrected chi connectivity index (χ3v) is 16.0. The molecule has 4 heteroatoms. The summed E-state index contributed by atoms with van der Waals surface area (Å²) in [6.07, 6.45) is 0. The summed E-state index contributed by atoms with van der Waals surface area (Å²) in [7, 11) is 0. The summed E-state index contributed by atoms with van der Waals surface area (Å²) >= 11 is 0. The van der Waals surface area contributed by atoms with Crippen LogP contribution in [0, 0.1) is 13.8 Å². The van der Waals surface area contributed by atoms with Gasteiger partial charge in [-0.05, 0) is 177 Å². The Bertz CT molecular complexity index is 4540. The Morgan fingerprint density at radius 3 is 0.988 bits per heavy atom. The first kappa shape index (κ1) is 46.8. The molecule has 4 nitrogen and oxygen atoms in total. The molecule has 0 unspecified atom stereocenters. The maximum atomic E-state index is 6.84. The number of hydrogen-bond donors (Lipinski definition) is 0. The number of furan rings is 2. The Morgan fingerprint density at radius 2 is 0.588 bits per heavy atom. The van der Waals surface area contributed by atoms with Crippen LogP contribution in [0.5, 0.6) is 0 Å². The van der Waals surface area contributed by atoms with Gasteiger partial charge >= 0.3 is 0 Å². The van der Waals surface area contributed by atoms with Crippen LogP contribution in [0.1, 0.15) is 11.1 Å². The molecule has 378 valence electrons. The minimum absolute atomic E-state index is 0.829. The van der Waals surface area contributed by atoms with Crippen molar-refractivity contribution in [3.63, 3.8) is 0 Å². The number of fused-ring (bicyclic) bond motifs is 8. The summed E-state index contributed by atoms with van der Waals surface area (Å²) in [5, 5.41) is 8.61. The number of aryl methyl sites for hydroxylation is 2. The van der Waals surface area contributed by atoms with Gasteiger partial charge in [0.25, 0.3) is 0 Å². The van der Waals surface area contributed by atoms with Crippen LogP contribution in [0.15, 0.2) is 288 Å². The van der Waals surface area contributed by atoms with Crippen molar-refractivity contribution in [1.29, 1.82) is 0 Å². The molecule has 0 radical (unpaired) electrons. The molecule has 2 aromatic heterocycles. The fourth-order valence-corrected chi connectivity index (χ4v) is 12.0. The molecule has 80 heavy (non-hydrogen) atoms. The zero-order chi connectivity index (χ0) is 53.3. The largest absolute Gasteiger partial charge is 0.456 e. The fraction of sp³-hybridized carbons (Fsp3) is 0.0263. The van der Waals surface area contributed by atoms with Crippen LogP contribution >= 0.6 is 0 Å².